The molecular formula is C24H23N3O4. The average molecular weight is 417 g/mol. The zero-order valence-corrected chi connectivity index (χ0v) is 17.0. The second kappa shape index (κ2) is 8.80. The van der Waals surface area contributed by atoms with Crippen molar-refractivity contribution in [3.63, 3.8) is 0 Å². The van der Waals surface area contributed by atoms with Gasteiger partial charge in [-0.05, 0) is 24.3 Å². The van der Waals surface area contributed by atoms with E-state index in [4.69, 9.17) is 25.4 Å². The third-order valence-electron chi connectivity index (χ3n) is 5.36. The summed E-state index contributed by atoms with van der Waals surface area (Å²) in [6.07, 6.45) is 8.76. The molecule has 2 aromatic carbocycles. The summed E-state index contributed by atoms with van der Waals surface area (Å²) in [6.45, 7) is 2.55. The molecule has 0 radical (unpaired) electrons. The highest BCUT2D eigenvalue weighted by atomic mass is 16.6. The van der Waals surface area contributed by atoms with Gasteiger partial charge in [0.15, 0.2) is 11.5 Å². The molecule has 0 saturated carbocycles. The van der Waals surface area contributed by atoms with Gasteiger partial charge < -0.3 is 24.3 Å². The minimum absolute atomic E-state index is 0.00515. The van der Waals surface area contributed by atoms with Crippen molar-refractivity contribution in [1.82, 2.24) is 9.97 Å². The third kappa shape index (κ3) is 4.41. The molecule has 2 aliphatic rings. The highest BCUT2D eigenvalue weighted by Crippen LogP contribution is 2.37. The van der Waals surface area contributed by atoms with Gasteiger partial charge in [0.2, 0.25) is 0 Å². The zero-order chi connectivity index (χ0) is 21.0. The molecule has 0 spiro atoms. The number of aromatic nitrogens is 2. The van der Waals surface area contributed by atoms with E-state index < -0.39 is 0 Å². The summed E-state index contributed by atoms with van der Waals surface area (Å²) in [6, 6.07) is 11.5. The minimum atomic E-state index is -0.00650. The van der Waals surface area contributed by atoms with E-state index in [-0.39, 0.29) is 12.2 Å². The molecule has 0 aliphatic carbocycles. The maximum Gasteiger partial charge on any atom is 0.163 e. The molecule has 3 aromatic rings. The van der Waals surface area contributed by atoms with Crippen LogP contribution in [0.1, 0.15) is 18.4 Å². The van der Waals surface area contributed by atoms with Crippen LogP contribution < -0.4 is 14.8 Å². The van der Waals surface area contributed by atoms with Crippen LogP contribution in [0.4, 0.5) is 11.5 Å². The first-order valence-electron chi connectivity index (χ1n) is 10.4. The molecule has 7 nitrogen and oxygen atoms in total. The SMILES string of the molecule is C#Cc1cccc(Nc2ncnc3cc(OC4CCOC4)c(OC4CCOC4)cc23)c1. The van der Waals surface area contributed by atoms with Crippen molar-refractivity contribution in [1.29, 1.82) is 0 Å². The normalized spacial score (nSPS) is 20.5. The Morgan fingerprint density at radius 2 is 1.71 bits per heavy atom. The van der Waals surface area contributed by atoms with E-state index in [1.165, 1.54) is 6.33 Å². The fourth-order valence-electron chi connectivity index (χ4n) is 3.74. The van der Waals surface area contributed by atoms with Crippen LogP contribution in [0.3, 0.4) is 0 Å². The number of nitrogens with one attached hydrogen (secondary N) is 1. The molecule has 2 fully saturated rings. The van der Waals surface area contributed by atoms with Gasteiger partial charge in [-0.25, -0.2) is 9.97 Å². The fraction of sp³-hybridized carbons (Fsp3) is 0.333. The maximum absolute atomic E-state index is 6.27. The van der Waals surface area contributed by atoms with Crippen LogP contribution >= 0.6 is 0 Å². The molecule has 2 saturated heterocycles. The Balaban J connectivity index is 1.52. The standard InChI is InChI=1S/C24H23N3O4/c1-2-16-4-3-5-17(10-16)27-24-20-11-22(30-18-6-8-28-13-18)23(12-21(20)25-15-26-24)31-19-7-9-29-14-19/h1,3-5,10-12,15,18-19H,6-9,13-14H2,(H,25,26,27). The van der Waals surface area contributed by atoms with E-state index in [9.17, 15) is 0 Å². The summed E-state index contributed by atoms with van der Waals surface area (Å²) in [5, 5.41) is 4.18. The van der Waals surface area contributed by atoms with Crippen molar-refractivity contribution in [3.8, 4) is 23.8 Å². The first-order chi connectivity index (χ1) is 15.3. The van der Waals surface area contributed by atoms with Crippen LogP contribution in [0.25, 0.3) is 10.9 Å². The molecule has 158 valence electrons. The molecule has 1 aromatic heterocycles. The number of anilines is 2. The maximum atomic E-state index is 6.27. The number of rotatable bonds is 6. The van der Waals surface area contributed by atoms with Gasteiger partial charge in [-0.1, -0.05) is 12.0 Å². The monoisotopic (exact) mass is 417 g/mol. The lowest BCUT2D eigenvalue weighted by molar-refractivity contribution is 0.123. The fourth-order valence-corrected chi connectivity index (χ4v) is 3.74. The van der Waals surface area contributed by atoms with Crippen LogP contribution in [0.5, 0.6) is 11.5 Å². The Hall–Kier alpha value is -3.34. The van der Waals surface area contributed by atoms with E-state index in [1.807, 2.05) is 36.4 Å². The summed E-state index contributed by atoms with van der Waals surface area (Å²) >= 11 is 0. The van der Waals surface area contributed by atoms with E-state index >= 15 is 0 Å². The first-order valence-corrected chi connectivity index (χ1v) is 10.4. The quantitative estimate of drug-likeness (QED) is 0.613. The Morgan fingerprint density at radius 3 is 2.39 bits per heavy atom. The smallest absolute Gasteiger partial charge is 0.163 e. The third-order valence-corrected chi connectivity index (χ3v) is 5.36. The first kappa shape index (κ1) is 19.6. The molecule has 7 heteroatoms. The summed E-state index contributed by atoms with van der Waals surface area (Å²) in [4.78, 5) is 8.90. The number of terminal acetylenes is 1. The summed E-state index contributed by atoms with van der Waals surface area (Å²) in [5.74, 6) is 4.64. The van der Waals surface area contributed by atoms with Crippen LogP contribution in [-0.2, 0) is 9.47 Å². The predicted molar refractivity (Wildman–Crippen MR) is 117 cm³/mol. The molecular weight excluding hydrogens is 394 g/mol. The number of hydrogen-bond donors (Lipinski definition) is 1. The number of benzene rings is 2. The molecule has 2 atom stereocenters. The average Bonchev–Trinajstić information content (AvgIpc) is 3.49. The van der Waals surface area contributed by atoms with Crippen LogP contribution in [0.2, 0.25) is 0 Å². The van der Waals surface area contributed by atoms with Crippen LogP contribution in [0.15, 0.2) is 42.7 Å². The van der Waals surface area contributed by atoms with Crippen LogP contribution in [-0.4, -0.2) is 48.6 Å². The van der Waals surface area contributed by atoms with Gasteiger partial charge in [0, 0.05) is 35.5 Å². The number of nitrogens with zero attached hydrogens (tertiary/aromatic N) is 2. The van der Waals surface area contributed by atoms with Gasteiger partial charge in [-0.2, -0.15) is 0 Å². The van der Waals surface area contributed by atoms with E-state index in [2.05, 4.69) is 21.2 Å². The van der Waals surface area contributed by atoms with Crippen molar-refractivity contribution in [3.05, 3.63) is 48.3 Å². The highest BCUT2D eigenvalue weighted by molar-refractivity contribution is 5.93. The predicted octanol–water partition coefficient (Wildman–Crippen LogP) is 3.69. The van der Waals surface area contributed by atoms with Gasteiger partial charge in [0.05, 0.1) is 31.9 Å². The molecule has 0 amide bonds. The molecule has 2 unspecified atom stereocenters. The van der Waals surface area contributed by atoms with Gasteiger partial charge in [0.25, 0.3) is 0 Å². The number of fused-ring (bicyclic) bond motifs is 1. The Kier molecular flexibility index (Phi) is 5.57. The largest absolute Gasteiger partial charge is 0.484 e. The van der Waals surface area contributed by atoms with Crippen molar-refractivity contribution in [2.24, 2.45) is 0 Å². The molecule has 3 heterocycles. The van der Waals surface area contributed by atoms with Crippen molar-refractivity contribution < 1.29 is 18.9 Å². The summed E-state index contributed by atoms with van der Waals surface area (Å²) in [5.41, 5.74) is 2.41. The second-order valence-corrected chi connectivity index (χ2v) is 7.60. The Morgan fingerprint density at radius 1 is 0.968 bits per heavy atom. The lowest BCUT2D eigenvalue weighted by Crippen LogP contribution is -2.19. The highest BCUT2D eigenvalue weighted by Gasteiger charge is 2.24. The van der Waals surface area contributed by atoms with Crippen molar-refractivity contribution >= 4 is 22.4 Å². The van der Waals surface area contributed by atoms with E-state index in [0.717, 1.165) is 35.0 Å². The van der Waals surface area contributed by atoms with Gasteiger partial charge in [0.1, 0.15) is 24.4 Å². The number of ether oxygens (including phenoxy) is 4. The molecule has 2 aliphatic heterocycles. The van der Waals surface area contributed by atoms with Crippen LogP contribution in [0, 0.1) is 12.3 Å². The molecule has 31 heavy (non-hydrogen) atoms. The topological polar surface area (TPSA) is 74.7 Å². The Labute approximate surface area is 180 Å². The second-order valence-electron chi connectivity index (χ2n) is 7.60. The van der Waals surface area contributed by atoms with Gasteiger partial charge in [-0.15, -0.1) is 6.42 Å². The molecule has 5 rings (SSSR count). The van der Waals surface area contributed by atoms with E-state index in [0.29, 0.717) is 43.7 Å². The van der Waals surface area contributed by atoms with Gasteiger partial charge >= 0.3 is 0 Å². The summed E-state index contributed by atoms with van der Waals surface area (Å²) < 4.78 is 23.4. The van der Waals surface area contributed by atoms with Gasteiger partial charge in [-0.3, -0.25) is 0 Å². The molecule has 0 bridgehead atoms. The number of hydrogen-bond acceptors (Lipinski definition) is 7. The van der Waals surface area contributed by atoms with Crippen molar-refractivity contribution in [2.45, 2.75) is 25.0 Å². The van der Waals surface area contributed by atoms with E-state index in [1.54, 1.807) is 0 Å². The molecule has 1 N–H and O–H groups in total. The summed E-state index contributed by atoms with van der Waals surface area (Å²) in [7, 11) is 0. The lowest BCUT2D eigenvalue weighted by atomic mass is 10.1. The lowest BCUT2D eigenvalue weighted by Gasteiger charge is -2.20. The zero-order valence-electron chi connectivity index (χ0n) is 17.0. The Bertz CT molecular complexity index is 1120. The van der Waals surface area contributed by atoms with Crippen molar-refractivity contribution in [2.75, 3.05) is 31.7 Å². The minimum Gasteiger partial charge on any atom is -0.484 e.